The van der Waals surface area contributed by atoms with Crippen molar-refractivity contribution in [3.8, 4) is 5.75 Å². The van der Waals surface area contributed by atoms with E-state index in [1.807, 2.05) is 0 Å². The van der Waals surface area contributed by atoms with Crippen molar-refractivity contribution in [1.82, 2.24) is 10.9 Å². The van der Waals surface area contributed by atoms with E-state index >= 15 is 0 Å². The molecule has 0 spiro atoms. The molecule has 1 rings (SSSR count). The lowest BCUT2D eigenvalue weighted by Gasteiger charge is -2.01. The van der Waals surface area contributed by atoms with Gasteiger partial charge in [-0.25, -0.2) is 13.6 Å². The summed E-state index contributed by atoms with van der Waals surface area (Å²) in [5.74, 6) is 0.546. The topological polar surface area (TPSA) is 111 Å². The quantitative estimate of drug-likeness (QED) is 0.356. The van der Waals surface area contributed by atoms with Crippen LogP contribution in [0.3, 0.4) is 0 Å². The smallest absolute Gasteiger partial charge is 0.237 e. The molecule has 0 aromatic heterocycles. The Morgan fingerprint density at radius 3 is 2.48 bits per heavy atom. The van der Waals surface area contributed by atoms with E-state index in [1.165, 1.54) is 19.3 Å². The molecule has 4 N–H and O–H groups in total. The number of hydrogen-bond donors (Lipinski definition) is 3. The fraction of sp³-hybridized carbons (Fsp3) is 0.188. The number of carbonyl (C=O) groups is 1. The average molecular weight is 388 g/mol. The molecule has 0 saturated heterocycles. The summed E-state index contributed by atoms with van der Waals surface area (Å²) >= 11 is 5.64. The van der Waals surface area contributed by atoms with E-state index in [0.29, 0.717) is 34.7 Å². The van der Waals surface area contributed by atoms with Crippen LogP contribution in [-0.2, 0) is 10.0 Å². The molecule has 0 fully saturated rings. The van der Waals surface area contributed by atoms with Crippen LogP contribution < -0.4 is 20.7 Å². The van der Waals surface area contributed by atoms with Crippen molar-refractivity contribution in [2.75, 3.05) is 20.7 Å². The maximum atomic E-state index is 10.7. The summed E-state index contributed by atoms with van der Waals surface area (Å²) in [6.45, 7) is 7.49. The highest BCUT2D eigenvalue weighted by atomic mass is 35.5. The van der Waals surface area contributed by atoms with E-state index in [9.17, 15) is 13.2 Å². The molecule has 0 aliphatic heterocycles. The SMILES string of the molecule is C=C(/C=C\C(=C)S(N)(=O)=O)CNNC.COc1ccc(Cl)cc1C=O. The van der Waals surface area contributed by atoms with Gasteiger partial charge in [-0.1, -0.05) is 30.8 Å². The maximum absolute atomic E-state index is 10.7. The van der Waals surface area contributed by atoms with Crippen LogP contribution in [0.5, 0.6) is 5.75 Å². The van der Waals surface area contributed by atoms with Crippen molar-refractivity contribution in [3.63, 3.8) is 0 Å². The molecule has 25 heavy (non-hydrogen) atoms. The molecule has 1 aromatic rings. The number of halogens is 1. The van der Waals surface area contributed by atoms with Crippen molar-refractivity contribution in [3.05, 3.63) is 64.6 Å². The second kappa shape index (κ2) is 11.6. The summed E-state index contributed by atoms with van der Waals surface area (Å²) in [6, 6.07) is 4.90. The monoisotopic (exact) mass is 387 g/mol. The molecule has 0 saturated carbocycles. The molecule has 9 heteroatoms. The highest BCUT2D eigenvalue weighted by Gasteiger charge is 2.04. The largest absolute Gasteiger partial charge is 0.496 e. The highest BCUT2D eigenvalue weighted by Crippen LogP contribution is 2.20. The molecule has 0 aliphatic carbocycles. The Kier molecular flexibility index (Phi) is 10.7. The minimum Gasteiger partial charge on any atom is -0.496 e. The molecule has 0 radical (unpaired) electrons. The zero-order valence-corrected chi connectivity index (χ0v) is 15.7. The lowest BCUT2D eigenvalue weighted by Crippen LogP contribution is -2.28. The number of carbonyl (C=O) groups excluding carboxylic acids is 1. The number of hydrogen-bond acceptors (Lipinski definition) is 6. The third kappa shape index (κ3) is 9.80. The average Bonchev–Trinajstić information content (AvgIpc) is 2.57. The van der Waals surface area contributed by atoms with E-state index in [4.69, 9.17) is 21.5 Å². The summed E-state index contributed by atoms with van der Waals surface area (Å²) in [5.41, 5.74) is 6.69. The summed E-state index contributed by atoms with van der Waals surface area (Å²) in [7, 11) is -0.445. The molecular weight excluding hydrogens is 366 g/mol. The van der Waals surface area contributed by atoms with E-state index in [2.05, 4.69) is 24.0 Å². The Labute approximate surface area is 153 Å². The van der Waals surface area contributed by atoms with Crippen molar-refractivity contribution in [2.45, 2.75) is 0 Å². The fourth-order valence-electron chi connectivity index (χ4n) is 1.36. The first-order valence-electron chi connectivity index (χ1n) is 6.91. The molecule has 1 aromatic carbocycles. The van der Waals surface area contributed by atoms with Crippen molar-refractivity contribution >= 4 is 27.9 Å². The first-order valence-corrected chi connectivity index (χ1v) is 8.84. The number of methoxy groups -OCH3 is 1. The lowest BCUT2D eigenvalue weighted by atomic mass is 10.2. The second-order valence-corrected chi connectivity index (χ2v) is 6.66. The van der Waals surface area contributed by atoms with Gasteiger partial charge in [0.1, 0.15) is 5.75 Å². The number of rotatable bonds is 8. The van der Waals surface area contributed by atoms with Gasteiger partial charge in [0.15, 0.2) is 6.29 Å². The number of allylic oxidation sites excluding steroid dienone is 1. The van der Waals surface area contributed by atoms with Crippen LogP contribution in [0.4, 0.5) is 0 Å². The number of nitrogens with one attached hydrogen (secondary N) is 2. The van der Waals surface area contributed by atoms with Crippen LogP contribution in [0.25, 0.3) is 0 Å². The third-order valence-electron chi connectivity index (χ3n) is 2.68. The summed E-state index contributed by atoms with van der Waals surface area (Å²) < 4.78 is 26.4. The van der Waals surface area contributed by atoms with E-state index in [1.54, 1.807) is 25.2 Å². The number of ether oxygens (including phenoxy) is 1. The van der Waals surface area contributed by atoms with Gasteiger partial charge in [0.2, 0.25) is 10.0 Å². The number of benzene rings is 1. The van der Waals surface area contributed by atoms with Crippen LogP contribution in [0.1, 0.15) is 10.4 Å². The predicted molar refractivity (Wildman–Crippen MR) is 101 cm³/mol. The van der Waals surface area contributed by atoms with Gasteiger partial charge >= 0.3 is 0 Å². The third-order valence-corrected chi connectivity index (χ3v) is 3.78. The Hall–Kier alpha value is -1.97. The zero-order valence-electron chi connectivity index (χ0n) is 14.1. The molecule has 0 heterocycles. The second-order valence-electron chi connectivity index (χ2n) is 4.61. The van der Waals surface area contributed by atoms with E-state index < -0.39 is 10.0 Å². The zero-order chi connectivity index (χ0) is 19.5. The van der Waals surface area contributed by atoms with Crippen LogP contribution in [-0.4, -0.2) is 35.4 Å². The van der Waals surface area contributed by atoms with Gasteiger partial charge in [0.25, 0.3) is 0 Å². The van der Waals surface area contributed by atoms with Gasteiger partial charge in [-0.05, 0) is 36.9 Å². The molecule has 138 valence electrons. The first kappa shape index (κ1) is 23.0. The lowest BCUT2D eigenvalue weighted by molar-refractivity contribution is 0.112. The van der Waals surface area contributed by atoms with E-state index in [-0.39, 0.29) is 4.91 Å². The number of hydrazine groups is 1. The highest BCUT2D eigenvalue weighted by molar-refractivity contribution is 7.93. The molecular formula is C16H22ClN3O4S. The Bertz CT molecular complexity index is 746. The van der Waals surface area contributed by atoms with Gasteiger partial charge in [-0.2, -0.15) is 0 Å². The molecule has 0 atom stereocenters. The van der Waals surface area contributed by atoms with Crippen molar-refractivity contribution < 1.29 is 17.9 Å². The van der Waals surface area contributed by atoms with Crippen LogP contribution >= 0.6 is 11.6 Å². The van der Waals surface area contributed by atoms with Gasteiger partial charge in [0, 0.05) is 11.6 Å². The van der Waals surface area contributed by atoms with E-state index in [0.717, 1.165) is 0 Å². The Balaban J connectivity index is 0.000000472. The normalized spacial score (nSPS) is 10.7. The molecule has 0 aliphatic rings. The van der Waals surface area contributed by atoms with Crippen LogP contribution in [0.2, 0.25) is 5.02 Å². The predicted octanol–water partition coefficient (Wildman–Crippen LogP) is 1.79. The minimum atomic E-state index is -3.68. The summed E-state index contributed by atoms with van der Waals surface area (Å²) in [5, 5.41) is 5.36. The van der Waals surface area contributed by atoms with Crippen molar-refractivity contribution in [2.24, 2.45) is 5.14 Å². The molecule has 7 nitrogen and oxygen atoms in total. The minimum absolute atomic E-state index is 0.136. The first-order chi connectivity index (χ1) is 11.6. The summed E-state index contributed by atoms with van der Waals surface area (Å²) in [4.78, 5) is 10.3. The van der Waals surface area contributed by atoms with Crippen molar-refractivity contribution in [1.29, 1.82) is 0 Å². The number of sulfonamides is 1. The molecule has 0 unspecified atom stereocenters. The maximum Gasteiger partial charge on any atom is 0.237 e. The van der Waals surface area contributed by atoms with Gasteiger partial charge in [0.05, 0.1) is 17.6 Å². The van der Waals surface area contributed by atoms with Gasteiger partial charge < -0.3 is 4.74 Å². The number of nitrogens with two attached hydrogens (primary N) is 1. The van der Waals surface area contributed by atoms with Crippen LogP contribution in [0.15, 0.2) is 54.0 Å². The standard InChI is InChI=1S/C8H7ClO2.C8H15N3O2S/c1-11-8-3-2-7(9)4-6(8)5-10;1-7(6-11-10-3)4-5-8(2)14(9,12)13/h2-5H,1H3;4-5,10-11H,1-2,6H2,3H3,(H2,9,12,13)/b;5-4-. The van der Waals surface area contributed by atoms with Gasteiger partial charge in [-0.15, -0.1) is 0 Å². The fourth-order valence-corrected chi connectivity index (χ4v) is 1.80. The number of aldehydes is 1. The summed E-state index contributed by atoms with van der Waals surface area (Å²) in [6.07, 6.45) is 3.57. The Morgan fingerprint density at radius 2 is 2.00 bits per heavy atom. The van der Waals surface area contributed by atoms with Crippen LogP contribution in [0, 0.1) is 0 Å². The van der Waals surface area contributed by atoms with Gasteiger partial charge in [-0.3, -0.25) is 15.6 Å². The molecule has 0 bridgehead atoms. The molecule has 0 amide bonds. The Morgan fingerprint density at radius 1 is 1.36 bits per heavy atom. The number of primary sulfonamides is 1.